The molecule has 0 aromatic rings. The summed E-state index contributed by atoms with van der Waals surface area (Å²) in [5, 5.41) is 0. The van der Waals surface area contributed by atoms with E-state index in [1.54, 1.807) is 0 Å². The third kappa shape index (κ3) is 5.51. The Morgan fingerprint density at radius 1 is 1.00 bits per heavy atom. The van der Waals surface area contributed by atoms with Gasteiger partial charge in [-0.2, -0.15) is 0 Å². The van der Waals surface area contributed by atoms with Crippen LogP contribution < -0.4 is 0 Å². The molecule has 0 unspecified atom stereocenters. The minimum atomic E-state index is -1.71. The van der Waals surface area contributed by atoms with E-state index in [1.807, 2.05) is 0 Å². The van der Waals surface area contributed by atoms with E-state index in [9.17, 15) is 4.79 Å². The van der Waals surface area contributed by atoms with Crippen molar-refractivity contribution in [3.8, 4) is 0 Å². The first-order chi connectivity index (χ1) is 6.78. The van der Waals surface area contributed by atoms with E-state index in [1.165, 1.54) is 0 Å². The number of hydrogen-bond donors (Lipinski definition) is 0. The van der Waals surface area contributed by atoms with Gasteiger partial charge in [-0.25, -0.2) is 0 Å². The highest BCUT2D eigenvalue weighted by molar-refractivity contribution is 6.80. The lowest BCUT2D eigenvalue weighted by Gasteiger charge is -2.29. The van der Waals surface area contributed by atoms with Crippen LogP contribution in [0.2, 0.25) is 43.8 Å². The third-order valence-corrected chi connectivity index (χ3v) is 8.81. The maximum atomic E-state index is 11.8. The molecule has 0 spiro atoms. The Morgan fingerprint density at radius 3 is 1.67 bits per heavy atom. The van der Waals surface area contributed by atoms with Gasteiger partial charge in [0, 0.05) is 6.04 Å². The van der Waals surface area contributed by atoms with Gasteiger partial charge >= 0.3 is 0 Å². The smallest absolute Gasteiger partial charge is 0.289 e. The zero-order chi connectivity index (χ0) is 12.1. The zero-order valence-corrected chi connectivity index (χ0v) is 13.1. The summed E-state index contributed by atoms with van der Waals surface area (Å²) in [4.78, 5) is 11.8. The molecule has 0 rings (SSSR count). The molecule has 0 amide bonds. The fourth-order valence-corrected chi connectivity index (χ4v) is 5.25. The van der Waals surface area contributed by atoms with Crippen LogP contribution in [-0.4, -0.2) is 22.4 Å². The van der Waals surface area contributed by atoms with Crippen molar-refractivity contribution in [2.75, 3.05) is 0 Å². The van der Waals surface area contributed by atoms with Gasteiger partial charge in [0.2, 0.25) is 0 Å². The standard InChI is InChI=1S/C11H26O2Si2/c1-7-15(8-2,9-3)13-11(12)10-14(4,5)6/h7-10H2,1-6H3. The number of carbonyl (C=O) groups excluding carboxylic acids is 1. The number of hydrogen-bond acceptors (Lipinski definition) is 2. The van der Waals surface area contributed by atoms with Gasteiger partial charge in [0.25, 0.3) is 14.3 Å². The van der Waals surface area contributed by atoms with Crippen molar-refractivity contribution in [2.45, 2.75) is 64.6 Å². The van der Waals surface area contributed by atoms with Crippen molar-refractivity contribution < 1.29 is 9.22 Å². The predicted octanol–water partition coefficient (Wildman–Crippen LogP) is 3.87. The highest BCUT2D eigenvalue weighted by Crippen LogP contribution is 2.23. The quantitative estimate of drug-likeness (QED) is 0.665. The van der Waals surface area contributed by atoms with Gasteiger partial charge in [0.1, 0.15) is 0 Å². The molecule has 0 radical (unpaired) electrons. The van der Waals surface area contributed by atoms with E-state index in [0.717, 1.165) is 18.1 Å². The molecule has 0 aromatic heterocycles. The van der Waals surface area contributed by atoms with Crippen molar-refractivity contribution in [3.63, 3.8) is 0 Å². The Labute approximate surface area is 96.5 Å². The molecule has 0 heterocycles. The first-order valence-corrected chi connectivity index (χ1v) is 12.2. The lowest BCUT2D eigenvalue weighted by Crippen LogP contribution is -2.40. The SMILES string of the molecule is CC[Si](CC)(CC)OC(=O)C[Si](C)(C)C. The van der Waals surface area contributed by atoms with E-state index in [2.05, 4.69) is 40.4 Å². The van der Waals surface area contributed by atoms with Crippen LogP contribution in [0.25, 0.3) is 0 Å². The van der Waals surface area contributed by atoms with E-state index < -0.39 is 16.4 Å². The Balaban J connectivity index is 4.36. The summed E-state index contributed by atoms with van der Waals surface area (Å²) in [5.74, 6) is 0.0615. The molecule has 0 bridgehead atoms. The highest BCUT2D eigenvalue weighted by Gasteiger charge is 2.33. The van der Waals surface area contributed by atoms with Gasteiger partial charge in [-0.3, -0.25) is 4.79 Å². The molecule has 0 aromatic carbocycles. The third-order valence-electron chi connectivity index (χ3n) is 2.94. The Bertz CT molecular complexity index is 197. The van der Waals surface area contributed by atoms with Crippen LogP contribution in [0.1, 0.15) is 20.8 Å². The molecule has 90 valence electrons. The van der Waals surface area contributed by atoms with Crippen LogP contribution in [0.3, 0.4) is 0 Å². The molecule has 0 saturated carbocycles. The fourth-order valence-electron chi connectivity index (χ4n) is 1.68. The van der Waals surface area contributed by atoms with Gasteiger partial charge in [-0.05, 0) is 18.1 Å². The highest BCUT2D eigenvalue weighted by atomic mass is 28.4. The Morgan fingerprint density at radius 2 is 1.40 bits per heavy atom. The topological polar surface area (TPSA) is 26.3 Å². The summed E-state index contributed by atoms with van der Waals surface area (Å²) in [7, 11) is -3.02. The summed E-state index contributed by atoms with van der Waals surface area (Å²) in [6.45, 7) is 13.1. The normalized spacial score (nSPS) is 12.7. The Kier molecular flexibility index (Phi) is 5.81. The summed E-state index contributed by atoms with van der Waals surface area (Å²) < 4.78 is 5.80. The van der Waals surface area contributed by atoms with E-state index in [4.69, 9.17) is 4.43 Å². The molecular formula is C11H26O2Si2. The summed E-state index contributed by atoms with van der Waals surface area (Å²) in [6.07, 6.45) is 0. The summed E-state index contributed by atoms with van der Waals surface area (Å²) in [6, 6.07) is 3.83. The van der Waals surface area contributed by atoms with Gasteiger partial charge in [-0.15, -0.1) is 0 Å². The molecule has 0 atom stereocenters. The Hall–Kier alpha value is -0.0962. The second-order valence-electron chi connectivity index (χ2n) is 5.46. The molecule has 0 N–H and O–H groups in total. The summed E-state index contributed by atoms with van der Waals surface area (Å²) >= 11 is 0. The second-order valence-corrected chi connectivity index (χ2v) is 15.6. The van der Waals surface area contributed by atoms with Gasteiger partial charge < -0.3 is 4.43 Å². The molecule has 2 nitrogen and oxygen atoms in total. The van der Waals surface area contributed by atoms with Crippen molar-refractivity contribution in [3.05, 3.63) is 0 Å². The molecule has 0 fully saturated rings. The number of rotatable bonds is 6. The van der Waals surface area contributed by atoms with Gasteiger partial charge in [-0.1, -0.05) is 40.4 Å². The first-order valence-electron chi connectivity index (χ1n) is 6.00. The predicted molar refractivity (Wildman–Crippen MR) is 71.4 cm³/mol. The minimum absolute atomic E-state index is 0.0615. The van der Waals surface area contributed by atoms with Crippen molar-refractivity contribution in [1.29, 1.82) is 0 Å². The molecule has 0 aliphatic heterocycles. The largest absolute Gasteiger partial charge is 0.519 e. The van der Waals surface area contributed by atoms with Gasteiger partial charge in [0.05, 0.1) is 8.07 Å². The fraction of sp³-hybridized carbons (Fsp3) is 0.909. The van der Waals surface area contributed by atoms with Crippen LogP contribution in [0.15, 0.2) is 0 Å². The maximum absolute atomic E-state index is 11.8. The van der Waals surface area contributed by atoms with E-state index in [0.29, 0.717) is 6.04 Å². The molecular weight excluding hydrogens is 220 g/mol. The molecule has 0 aliphatic carbocycles. The van der Waals surface area contributed by atoms with Crippen LogP contribution in [-0.2, 0) is 9.22 Å². The number of carbonyl (C=O) groups is 1. The van der Waals surface area contributed by atoms with Gasteiger partial charge in [0.15, 0.2) is 0 Å². The molecule has 0 aliphatic rings. The lowest BCUT2D eigenvalue weighted by atomic mass is 10.8. The maximum Gasteiger partial charge on any atom is 0.289 e. The monoisotopic (exact) mass is 246 g/mol. The van der Waals surface area contributed by atoms with E-state index in [-0.39, 0.29) is 5.97 Å². The molecule has 4 heteroatoms. The zero-order valence-electron chi connectivity index (χ0n) is 11.1. The first kappa shape index (κ1) is 14.9. The van der Waals surface area contributed by atoms with Crippen LogP contribution in [0.5, 0.6) is 0 Å². The molecule has 0 saturated heterocycles. The van der Waals surface area contributed by atoms with Crippen molar-refractivity contribution in [2.24, 2.45) is 0 Å². The van der Waals surface area contributed by atoms with Crippen LogP contribution in [0.4, 0.5) is 0 Å². The van der Waals surface area contributed by atoms with Crippen LogP contribution in [0, 0.1) is 0 Å². The average Bonchev–Trinajstić information content (AvgIpc) is 2.11. The van der Waals surface area contributed by atoms with Crippen molar-refractivity contribution in [1.82, 2.24) is 0 Å². The average molecular weight is 246 g/mol. The summed E-state index contributed by atoms with van der Waals surface area (Å²) in [5.41, 5.74) is 0. The van der Waals surface area contributed by atoms with Crippen LogP contribution >= 0.6 is 0 Å². The lowest BCUT2D eigenvalue weighted by molar-refractivity contribution is -0.132. The van der Waals surface area contributed by atoms with Crippen molar-refractivity contribution >= 4 is 22.4 Å². The minimum Gasteiger partial charge on any atom is -0.519 e. The van der Waals surface area contributed by atoms with E-state index >= 15 is 0 Å². The second kappa shape index (κ2) is 5.84. The molecule has 15 heavy (non-hydrogen) atoms.